The van der Waals surface area contributed by atoms with E-state index in [2.05, 4.69) is 15.9 Å². The van der Waals surface area contributed by atoms with Crippen molar-refractivity contribution in [3.05, 3.63) is 29.3 Å². The van der Waals surface area contributed by atoms with E-state index in [4.69, 9.17) is 5.73 Å². The molecule has 2 unspecified atom stereocenters. The molecule has 1 rings (SSSR count). The molecule has 0 aliphatic rings. The SMILES string of the molecule is Nc1ccc(F)c(C(O)C(O)CCBr)c1F. The molecule has 0 spiro atoms. The third kappa shape index (κ3) is 2.69. The second-order valence-corrected chi connectivity index (χ2v) is 4.15. The molecule has 16 heavy (non-hydrogen) atoms. The molecular formula is C10H12BrF2NO2. The maximum atomic E-state index is 13.5. The van der Waals surface area contributed by atoms with Gasteiger partial charge >= 0.3 is 0 Å². The Balaban J connectivity index is 3.07. The van der Waals surface area contributed by atoms with Crippen molar-refractivity contribution in [2.75, 3.05) is 11.1 Å². The van der Waals surface area contributed by atoms with Gasteiger partial charge < -0.3 is 15.9 Å². The lowest BCUT2D eigenvalue weighted by Gasteiger charge is -2.18. The average Bonchev–Trinajstić information content (AvgIpc) is 2.24. The lowest BCUT2D eigenvalue weighted by molar-refractivity contribution is 0.0131. The third-order valence-corrected chi connectivity index (χ3v) is 2.68. The molecule has 0 radical (unpaired) electrons. The van der Waals surface area contributed by atoms with Crippen LogP contribution in [0.2, 0.25) is 0 Å². The molecule has 1 aromatic rings. The number of hydrogen-bond donors (Lipinski definition) is 3. The van der Waals surface area contributed by atoms with Crippen LogP contribution in [-0.4, -0.2) is 21.6 Å². The number of halogens is 3. The van der Waals surface area contributed by atoms with Crippen molar-refractivity contribution in [3.8, 4) is 0 Å². The first-order valence-corrected chi connectivity index (χ1v) is 5.76. The number of aliphatic hydroxyl groups is 2. The van der Waals surface area contributed by atoms with Crippen molar-refractivity contribution in [3.63, 3.8) is 0 Å². The number of aliphatic hydroxyl groups excluding tert-OH is 2. The van der Waals surface area contributed by atoms with E-state index in [0.717, 1.165) is 12.1 Å². The van der Waals surface area contributed by atoms with Crippen LogP contribution in [0.15, 0.2) is 12.1 Å². The fraction of sp³-hybridized carbons (Fsp3) is 0.400. The largest absolute Gasteiger partial charge is 0.396 e. The van der Waals surface area contributed by atoms with Crippen molar-refractivity contribution in [1.29, 1.82) is 0 Å². The molecule has 1 aromatic carbocycles. The van der Waals surface area contributed by atoms with Gasteiger partial charge in [-0.1, -0.05) is 15.9 Å². The van der Waals surface area contributed by atoms with Gasteiger partial charge in [0.15, 0.2) is 5.82 Å². The minimum Gasteiger partial charge on any atom is -0.396 e. The zero-order valence-electron chi connectivity index (χ0n) is 8.33. The van der Waals surface area contributed by atoms with Gasteiger partial charge in [-0.05, 0) is 18.6 Å². The first kappa shape index (κ1) is 13.3. The Kier molecular flexibility index (Phi) is 4.64. The summed E-state index contributed by atoms with van der Waals surface area (Å²) in [4.78, 5) is 0. The lowest BCUT2D eigenvalue weighted by atomic mass is 10.0. The monoisotopic (exact) mass is 295 g/mol. The highest BCUT2D eigenvalue weighted by atomic mass is 79.9. The summed E-state index contributed by atoms with van der Waals surface area (Å²) in [5.74, 6) is -1.95. The highest BCUT2D eigenvalue weighted by molar-refractivity contribution is 9.09. The molecule has 0 heterocycles. The molecular weight excluding hydrogens is 284 g/mol. The second kappa shape index (κ2) is 5.56. The van der Waals surface area contributed by atoms with Crippen LogP contribution in [0.4, 0.5) is 14.5 Å². The minimum absolute atomic E-state index is 0.175. The Morgan fingerprint density at radius 1 is 1.31 bits per heavy atom. The van der Waals surface area contributed by atoms with Gasteiger partial charge in [-0.2, -0.15) is 0 Å². The summed E-state index contributed by atoms with van der Waals surface area (Å²) in [7, 11) is 0. The van der Waals surface area contributed by atoms with Gasteiger partial charge in [0.25, 0.3) is 0 Å². The third-order valence-electron chi connectivity index (χ3n) is 2.22. The summed E-state index contributed by atoms with van der Waals surface area (Å²) in [6, 6.07) is 2.02. The Morgan fingerprint density at radius 3 is 2.50 bits per heavy atom. The summed E-state index contributed by atoms with van der Waals surface area (Å²) in [5.41, 5.74) is 4.41. The van der Waals surface area contributed by atoms with E-state index in [1.807, 2.05) is 0 Å². The molecule has 0 fully saturated rings. The Bertz CT molecular complexity index is 376. The number of nitrogens with two attached hydrogens (primary N) is 1. The molecule has 0 bridgehead atoms. The van der Waals surface area contributed by atoms with E-state index in [1.165, 1.54) is 0 Å². The number of alkyl halides is 1. The van der Waals surface area contributed by atoms with Crippen LogP contribution in [0.25, 0.3) is 0 Å². The molecule has 6 heteroatoms. The fourth-order valence-corrected chi connectivity index (χ4v) is 1.79. The highest BCUT2D eigenvalue weighted by Gasteiger charge is 2.25. The van der Waals surface area contributed by atoms with Gasteiger partial charge in [0.05, 0.1) is 17.4 Å². The molecule has 0 aliphatic heterocycles. The van der Waals surface area contributed by atoms with Gasteiger partial charge in [0, 0.05) is 5.33 Å². The van der Waals surface area contributed by atoms with Crippen molar-refractivity contribution in [1.82, 2.24) is 0 Å². The van der Waals surface area contributed by atoms with Crippen LogP contribution >= 0.6 is 15.9 Å². The van der Waals surface area contributed by atoms with E-state index in [9.17, 15) is 19.0 Å². The second-order valence-electron chi connectivity index (χ2n) is 3.35. The van der Waals surface area contributed by atoms with Crippen LogP contribution < -0.4 is 5.73 Å². The molecule has 4 N–H and O–H groups in total. The van der Waals surface area contributed by atoms with Crippen LogP contribution in [0, 0.1) is 11.6 Å². The Labute approximate surface area is 100 Å². The van der Waals surface area contributed by atoms with E-state index in [1.54, 1.807) is 0 Å². The summed E-state index contributed by atoms with van der Waals surface area (Å²) >= 11 is 3.06. The zero-order chi connectivity index (χ0) is 12.3. The van der Waals surface area contributed by atoms with Gasteiger partial charge in [0.1, 0.15) is 11.9 Å². The molecule has 3 nitrogen and oxygen atoms in total. The first-order chi connectivity index (χ1) is 7.49. The molecule has 0 saturated heterocycles. The summed E-state index contributed by atoms with van der Waals surface area (Å²) in [6.07, 6.45) is -2.69. The summed E-state index contributed by atoms with van der Waals surface area (Å²) < 4.78 is 26.8. The van der Waals surface area contributed by atoms with Crippen molar-refractivity contribution < 1.29 is 19.0 Å². The quantitative estimate of drug-likeness (QED) is 0.585. The van der Waals surface area contributed by atoms with Crippen molar-refractivity contribution >= 4 is 21.6 Å². The number of nitrogen functional groups attached to an aromatic ring is 1. The molecule has 2 atom stereocenters. The molecule has 0 saturated carbocycles. The highest BCUT2D eigenvalue weighted by Crippen LogP contribution is 2.28. The standard InChI is InChI=1S/C10H12BrF2NO2/c11-4-3-7(15)10(16)8-5(12)1-2-6(14)9(8)13/h1-2,7,10,15-16H,3-4,14H2. The van der Waals surface area contributed by atoms with Crippen molar-refractivity contribution in [2.45, 2.75) is 18.6 Å². The topological polar surface area (TPSA) is 66.5 Å². The smallest absolute Gasteiger partial charge is 0.154 e. The normalized spacial score (nSPS) is 14.8. The van der Waals surface area contributed by atoms with E-state index >= 15 is 0 Å². The average molecular weight is 296 g/mol. The van der Waals surface area contributed by atoms with Gasteiger partial charge in [-0.15, -0.1) is 0 Å². The number of benzene rings is 1. The fourth-order valence-electron chi connectivity index (χ4n) is 1.32. The van der Waals surface area contributed by atoms with Crippen LogP contribution in [0.3, 0.4) is 0 Å². The van der Waals surface area contributed by atoms with Gasteiger partial charge in [-0.25, -0.2) is 8.78 Å². The van der Waals surface area contributed by atoms with Crippen LogP contribution in [0.1, 0.15) is 18.1 Å². The predicted octanol–water partition coefficient (Wildman–Crippen LogP) is 1.73. The number of anilines is 1. The molecule has 0 aliphatic carbocycles. The van der Waals surface area contributed by atoms with Crippen LogP contribution in [-0.2, 0) is 0 Å². The van der Waals surface area contributed by atoms with E-state index < -0.39 is 29.4 Å². The van der Waals surface area contributed by atoms with Crippen LogP contribution in [0.5, 0.6) is 0 Å². The maximum absolute atomic E-state index is 13.5. The van der Waals surface area contributed by atoms with Gasteiger partial charge in [-0.3, -0.25) is 0 Å². The Morgan fingerprint density at radius 2 is 1.94 bits per heavy atom. The number of rotatable bonds is 4. The Hall–Kier alpha value is -0.720. The van der Waals surface area contributed by atoms with E-state index in [0.29, 0.717) is 5.33 Å². The predicted molar refractivity (Wildman–Crippen MR) is 60.1 cm³/mol. The van der Waals surface area contributed by atoms with Crippen molar-refractivity contribution in [2.24, 2.45) is 0 Å². The van der Waals surface area contributed by atoms with Gasteiger partial charge in [0.2, 0.25) is 0 Å². The maximum Gasteiger partial charge on any atom is 0.154 e. The number of hydrogen-bond acceptors (Lipinski definition) is 3. The first-order valence-electron chi connectivity index (χ1n) is 4.64. The zero-order valence-corrected chi connectivity index (χ0v) is 9.92. The minimum atomic E-state index is -1.62. The lowest BCUT2D eigenvalue weighted by Crippen LogP contribution is -2.21. The molecule has 90 valence electrons. The van der Waals surface area contributed by atoms with E-state index in [-0.39, 0.29) is 12.1 Å². The summed E-state index contributed by atoms with van der Waals surface area (Å²) in [6.45, 7) is 0. The summed E-state index contributed by atoms with van der Waals surface area (Å²) in [5, 5.41) is 19.5. The molecule has 0 aromatic heterocycles. The molecule has 0 amide bonds.